The van der Waals surface area contributed by atoms with E-state index in [9.17, 15) is 4.79 Å². The number of nitrogens with zero attached hydrogens (tertiary/aromatic N) is 3. The Balaban J connectivity index is 1.22. The number of anilines is 4. The highest BCUT2D eigenvalue weighted by molar-refractivity contribution is 5.95. The van der Waals surface area contributed by atoms with Gasteiger partial charge in [-0.2, -0.15) is 0 Å². The van der Waals surface area contributed by atoms with Crippen molar-refractivity contribution < 1.29 is 9.53 Å². The van der Waals surface area contributed by atoms with Crippen LogP contribution in [0, 0.1) is 0 Å². The predicted molar refractivity (Wildman–Crippen MR) is 142 cm³/mol. The molecular formula is C28H28N6O2. The number of benzene rings is 3. The molecule has 1 amide bonds. The number of carbonyl (C=O) groups is 1. The molecule has 2 heterocycles. The van der Waals surface area contributed by atoms with Gasteiger partial charge in [0.2, 0.25) is 11.9 Å². The molecule has 1 aromatic heterocycles. The quantitative estimate of drug-likeness (QED) is 0.361. The van der Waals surface area contributed by atoms with Gasteiger partial charge in [-0.05, 0) is 48.0 Å². The molecule has 182 valence electrons. The summed E-state index contributed by atoms with van der Waals surface area (Å²) in [4.78, 5) is 23.8. The summed E-state index contributed by atoms with van der Waals surface area (Å²) in [5, 5.41) is 6.15. The Kier molecular flexibility index (Phi) is 7.16. The first-order valence-corrected chi connectivity index (χ1v) is 11.9. The smallest absolute Gasteiger partial charge is 0.245 e. The van der Waals surface area contributed by atoms with Crippen molar-refractivity contribution in [2.75, 3.05) is 41.8 Å². The SMILES string of the molecule is N[C@H](C(=O)Nc1ccc(-c2ccnc(Nc3ccc(N4CCOCC4)cc3)n2)cc1)c1ccccc1. The second kappa shape index (κ2) is 11.0. The van der Waals surface area contributed by atoms with Crippen molar-refractivity contribution in [1.29, 1.82) is 0 Å². The number of amides is 1. The van der Waals surface area contributed by atoms with Crippen molar-refractivity contribution in [1.82, 2.24) is 9.97 Å². The minimum Gasteiger partial charge on any atom is -0.378 e. The van der Waals surface area contributed by atoms with Gasteiger partial charge >= 0.3 is 0 Å². The molecule has 0 unspecified atom stereocenters. The van der Waals surface area contributed by atoms with Crippen LogP contribution in [-0.2, 0) is 9.53 Å². The summed E-state index contributed by atoms with van der Waals surface area (Å²) in [7, 11) is 0. The molecule has 0 bridgehead atoms. The molecule has 36 heavy (non-hydrogen) atoms. The third-order valence-corrected chi connectivity index (χ3v) is 6.04. The summed E-state index contributed by atoms with van der Waals surface area (Å²) in [5.74, 6) is 0.250. The van der Waals surface area contributed by atoms with Gasteiger partial charge < -0.3 is 26.0 Å². The Morgan fingerprint density at radius 2 is 1.58 bits per heavy atom. The molecule has 0 aliphatic carbocycles. The number of nitrogens with two attached hydrogens (primary N) is 1. The van der Waals surface area contributed by atoms with E-state index in [1.807, 2.05) is 72.8 Å². The van der Waals surface area contributed by atoms with Crippen molar-refractivity contribution >= 4 is 28.9 Å². The van der Waals surface area contributed by atoms with Gasteiger partial charge in [0.15, 0.2) is 0 Å². The van der Waals surface area contributed by atoms with Crippen LogP contribution >= 0.6 is 0 Å². The monoisotopic (exact) mass is 480 g/mol. The standard InChI is InChI=1S/C28H28N6O2/c29-26(21-4-2-1-3-5-21)27(35)31-22-8-6-20(7-9-22)25-14-15-30-28(33-25)32-23-10-12-24(13-11-23)34-16-18-36-19-17-34/h1-15,26H,16-19,29H2,(H,31,35)(H,30,32,33)/t26-/m0/s1. The van der Waals surface area contributed by atoms with E-state index < -0.39 is 6.04 Å². The molecule has 1 fully saturated rings. The van der Waals surface area contributed by atoms with E-state index in [4.69, 9.17) is 10.5 Å². The zero-order valence-corrected chi connectivity index (χ0v) is 19.8. The summed E-state index contributed by atoms with van der Waals surface area (Å²) in [6.45, 7) is 3.32. The summed E-state index contributed by atoms with van der Waals surface area (Å²) < 4.78 is 5.43. The molecule has 1 atom stereocenters. The highest BCUT2D eigenvalue weighted by Gasteiger charge is 2.15. The maximum Gasteiger partial charge on any atom is 0.245 e. The zero-order valence-electron chi connectivity index (χ0n) is 19.8. The Labute approximate surface area is 210 Å². The highest BCUT2D eigenvalue weighted by atomic mass is 16.5. The third kappa shape index (κ3) is 5.68. The molecule has 1 aliphatic heterocycles. The van der Waals surface area contributed by atoms with Gasteiger partial charge in [0.25, 0.3) is 0 Å². The molecule has 0 saturated carbocycles. The molecule has 8 heteroatoms. The summed E-state index contributed by atoms with van der Waals surface area (Å²) in [6, 6.07) is 26.2. The van der Waals surface area contributed by atoms with E-state index in [1.54, 1.807) is 6.20 Å². The van der Waals surface area contributed by atoms with Crippen molar-refractivity contribution in [3.63, 3.8) is 0 Å². The second-order valence-corrected chi connectivity index (χ2v) is 8.49. The summed E-state index contributed by atoms with van der Waals surface area (Å²) in [5.41, 5.74) is 11.3. The number of rotatable bonds is 7. The first-order chi connectivity index (χ1) is 17.7. The zero-order chi connectivity index (χ0) is 24.7. The average Bonchev–Trinajstić information content (AvgIpc) is 2.94. The Bertz CT molecular complexity index is 1290. The first-order valence-electron chi connectivity index (χ1n) is 11.9. The molecule has 0 radical (unpaired) electrons. The van der Waals surface area contributed by atoms with Crippen LogP contribution in [0.1, 0.15) is 11.6 Å². The number of ether oxygens (including phenoxy) is 1. The molecule has 5 rings (SSSR count). The van der Waals surface area contributed by atoms with E-state index in [0.29, 0.717) is 11.6 Å². The maximum absolute atomic E-state index is 12.5. The molecule has 8 nitrogen and oxygen atoms in total. The van der Waals surface area contributed by atoms with Crippen molar-refractivity contribution in [3.05, 3.63) is 96.7 Å². The van der Waals surface area contributed by atoms with E-state index >= 15 is 0 Å². The van der Waals surface area contributed by atoms with E-state index in [2.05, 4.69) is 37.6 Å². The van der Waals surface area contributed by atoms with Crippen LogP contribution in [0.3, 0.4) is 0 Å². The Morgan fingerprint density at radius 3 is 2.31 bits per heavy atom. The van der Waals surface area contributed by atoms with Gasteiger partial charge in [0.05, 0.1) is 18.9 Å². The maximum atomic E-state index is 12.5. The molecule has 4 aromatic rings. The van der Waals surface area contributed by atoms with Crippen molar-refractivity contribution in [2.24, 2.45) is 5.73 Å². The van der Waals surface area contributed by atoms with Gasteiger partial charge in [0.1, 0.15) is 6.04 Å². The fourth-order valence-corrected chi connectivity index (χ4v) is 4.04. The van der Waals surface area contributed by atoms with E-state index in [0.717, 1.165) is 48.8 Å². The van der Waals surface area contributed by atoms with Gasteiger partial charge in [-0.15, -0.1) is 0 Å². The van der Waals surface area contributed by atoms with Crippen LogP contribution in [0.4, 0.5) is 23.0 Å². The molecule has 1 saturated heterocycles. The normalized spacial score (nSPS) is 14.2. The number of hydrogen-bond donors (Lipinski definition) is 3. The molecule has 3 aromatic carbocycles. The second-order valence-electron chi connectivity index (χ2n) is 8.49. The Hall–Kier alpha value is -4.27. The van der Waals surface area contributed by atoms with Gasteiger partial charge in [-0.1, -0.05) is 42.5 Å². The number of hydrogen-bond acceptors (Lipinski definition) is 7. The lowest BCUT2D eigenvalue weighted by molar-refractivity contribution is -0.117. The largest absolute Gasteiger partial charge is 0.378 e. The summed E-state index contributed by atoms with van der Waals surface area (Å²) >= 11 is 0. The van der Waals surface area contributed by atoms with Crippen LogP contribution in [-0.4, -0.2) is 42.2 Å². The lowest BCUT2D eigenvalue weighted by Crippen LogP contribution is -2.36. The van der Waals surface area contributed by atoms with Crippen LogP contribution in [0.25, 0.3) is 11.3 Å². The third-order valence-electron chi connectivity index (χ3n) is 6.04. The fourth-order valence-electron chi connectivity index (χ4n) is 4.04. The topological polar surface area (TPSA) is 105 Å². The van der Waals surface area contributed by atoms with Crippen LogP contribution in [0.15, 0.2) is 91.1 Å². The van der Waals surface area contributed by atoms with Gasteiger partial charge in [0, 0.05) is 41.9 Å². The molecule has 4 N–H and O–H groups in total. The van der Waals surface area contributed by atoms with Crippen LogP contribution in [0.5, 0.6) is 0 Å². The predicted octanol–water partition coefficient (Wildman–Crippen LogP) is 4.36. The molecular weight excluding hydrogens is 452 g/mol. The van der Waals surface area contributed by atoms with Gasteiger partial charge in [-0.3, -0.25) is 4.79 Å². The van der Waals surface area contributed by atoms with E-state index in [1.165, 1.54) is 5.69 Å². The molecule has 1 aliphatic rings. The minimum absolute atomic E-state index is 0.262. The first kappa shape index (κ1) is 23.5. The average molecular weight is 481 g/mol. The highest BCUT2D eigenvalue weighted by Crippen LogP contribution is 2.24. The number of aromatic nitrogens is 2. The number of morpholine rings is 1. The van der Waals surface area contributed by atoms with Crippen LogP contribution < -0.4 is 21.3 Å². The van der Waals surface area contributed by atoms with Crippen molar-refractivity contribution in [3.8, 4) is 11.3 Å². The number of carbonyl (C=O) groups excluding carboxylic acids is 1. The number of nitrogens with one attached hydrogen (secondary N) is 2. The molecule has 0 spiro atoms. The fraction of sp³-hybridized carbons (Fsp3) is 0.179. The van der Waals surface area contributed by atoms with E-state index in [-0.39, 0.29) is 5.91 Å². The van der Waals surface area contributed by atoms with Crippen LogP contribution in [0.2, 0.25) is 0 Å². The van der Waals surface area contributed by atoms with Crippen molar-refractivity contribution in [2.45, 2.75) is 6.04 Å². The lowest BCUT2D eigenvalue weighted by Gasteiger charge is -2.28. The summed E-state index contributed by atoms with van der Waals surface area (Å²) in [6.07, 6.45) is 1.72. The lowest BCUT2D eigenvalue weighted by atomic mass is 10.1. The Morgan fingerprint density at radius 1 is 0.889 bits per heavy atom. The minimum atomic E-state index is -0.732. The van der Waals surface area contributed by atoms with Gasteiger partial charge in [-0.25, -0.2) is 9.97 Å².